The molecule has 2 aromatic carbocycles. The monoisotopic (exact) mass is 410 g/mol. The van der Waals surface area contributed by atoms with Gasteiger partial charge >= 0.3 is 5.97 Å². The van der Waals surface area contributed by atoms with Crippen molar-refractivity contribution in [2.24, 2.45) is 0 Å². The Morgan fingerprint density at radius 1 is 0.880 bits per heavy atom. The molecular weight excluding hydrogens is 392 g/mol. The van der Waals surface area contributed by atoms with Gasteiger partial charge in [-0.2, -0.15) is 0 Å². The molecule has 0 bridgehead atoms. The Kier molecular flexibility index (Phi) is 6.52. The van der Waals surface area contributed by atoms with Crippen molar-refractivity contribution in [2.45, 2.75) is 6.61 Å². The van der Waals surface area contributed by atoms with Crippen LogP contribution in [0, 0.1) is 0 Å². The quantitative estimate of drug-likeness (QED) is 0.646. The minimum absolute atomic E-state index is 0.0644. The molecule has 7 heteroatoms. The molecule has 0 aliphatic heterocycles. The van der Waals surface area contributed by atoms with Crippen LogP contribution in [-0.2, 0) is 11.3 Å². The van der Waals surface area contributed by atoms with E-state index in [1.807, 2.05) is 0 Å². The zero-order chi connectivity index (χ0) is 18.4. The Morgan fingerprint density at radius 3 is 2.12 bits per heavy atom. The van der Waals surface area contributed by atoms with Crippen LogP contribution >= 0.6 is 15.9 Å². The van der Waals surface area contributed by atoms with E-state index in [2.05, 4.69) is 15.9 Å². The Morgan fingerprint density at radius 2 is 1.52 bits per heavy atom. The lowest BCUT2D eigenvalue weighted by atomic mass is 10.2. The Balaban J connectivity index is 2.17. The zero-order valence-corrected chi connectivity index (χ0v) is 16.0. The van der Waals surface area contributed by atoms with Crippen molar-refractivity contribution in [3.63, 3.8) is 0 Å². The minimum Gasteiger partial charge on any atom is -0.497 e. The maximum Gasteiger partial charge on any atom is 0.342 e. The van der Waals surface area contributed by atoms with Crippen LogP contribution in [0.4, 0.5) is 0 Å². The molecule has 0 aliphatic rings. The third-order valence-corrected chi connectivity index (χ3v) is 4.28. The molecule has 25 heavy (non-hydrogen) atoms. The fourth-order valence-corrected chi connectivity index (χ4v) is 2.63. The number of halogens is 1. The average Bonchev–Trinajstić information content (AvgIpc) is 2.65. The summed E-state index contributed by atoms with van der Waals surface area (Å²) in [5, 5.41) is 0. The number of hydrogen-bond donors (Lipinski definition) is 0. The SMILES string of the molecule is COc1ccc(C(=O)OCc2cc(OC)c(OC)cc2Br)c(OC)c1. The predicted molar refractivity (Wildman–Crippen MR) is 95.9 cm³/mol. The van der Waals surface area contributed by atoms with Crippen molar-refractivity contribution >= 4 is 21.9 Å². The second-order valence-electron chi connectivity index (χ2n) is 4.94. The van der Waals surface area contributed by atoms with Crippen molar-refractivity contribution in [2.75, 3.05) is 28.4 Å². The van der Waals surface area contributed by atoms with Crippen LogP contribution in [0.2, 0.25) is 0 Å². The maximum atomic E-state index is 12.4. The average molecular weight is 411 g/mol. The highest BCUT2D eigenvalue weighted by Gasteiger charge is 2.16. The molecule has 0 aromatic heterocycles. The summed E-state index contributed by atoms with van der Waals surface area (Å²) in [4.78, 5) is 12.4. The molecule has 0 spiro atoms. The lowest BCUT2D eigenvalue weighted by molar-refractivity contribution is 0.0468. The molecule has 6 nitrogen and oxygen atoms in total. The summed E-state index contributed by atoms with van der Waals surface area (Å²) in [6.45, 7) is 0.0644. The number of hydrogen-bond acceptors (Lipinski definition) is 6. The minimum atomic E-state index is -0.499. The lowest BCUT2D eigenvalue weighted by Crippen LogP contribution is -2.08. The molecule has 0 radical (unpaired) electrons. The van der Waals surface area contributed by atoms with Crippen molar-refractivity contribution in [3.8, 4) is 23.0 Å². The van der Waals surface area contributed by atoms with Crippen molar-refractivity contribution < 1.29 is 28.5 Å². The number of ether oxygens (including phenoxy) is 5. The van der Waals surface area contributed by atoms with Gasteiger partial charge in [0.2, 0.25) is 0 Å². The summed E-state index contributed by atoms with van der Waals surface area (Å²) < 4.78 is 27.0. The van der Waals surface area contributed by atoms with Gasteiger partial charge in [0.15, 0.2) is 11.5 Å². The van der Waals surface area contributed by atoms with Gasteiger partial charge in [-0.3, -0.25) is 0 Å². The molecule has 0 saturated carbocycles. The van der Waals surface area contributed by atoms with Gasteiger partial charge in [0.25, 0.3) is 0 Å². The molecule has 134 valence electrons. The van der Waals surface area contributed by atoms with Gasteiger partial charge in [-0.1, -0.05) is 15.9 Å². The number of esters is 1. The van der Waals surface area contributed by atoms with Gasteiger partial charge in [0.05, 0.1) is 28.4 Å². The summed E-state index contributed by atoms with van der Waals surface area (Å²) in [5.74, 6) is 1.62. The first-order valence-corrected chi connectivity index (χ1v) is 8.12. The van der Waals surface area contributed by atoms with Crippen LogP contribution in [-0.4, -0.2) is 34.4 Å². The lowest BCUT2D eigenvalue weighted by Gasteiger charge is -2.13. The zero-order valence-electron chi connectivity index (χ0n) is 14.4. The van der Waals surface area contributed by atoms with Crippen LogP contribution in [0.15, 0.2) is 34.8 Å². The molecule has 2 rings (SSSR count). The smallest absolute Gasteiger partial charge is 0.342 e. The van der Waals surface area contributed by atoms with E-state index in [4.69, 9.17) is 23.7 Å². The third-order valence-electron chi connectivity index (χ3n) is 3.54. The Hall–Kier alpha value is -2.41. The normalized spacial score (nSPS) is 10.1. The van der Waals surface area contributed by atoms with Crippen LogP contribution in [0.25, 0.3) is 0 Å². The summed E-state index contributed by atoms with van der Waals surface area (Å²) in [5.41, 5.74) is 1.07. The van der Waals surface area contributed by atoms with E-state index in [1.165, 1.54) is 7.11 Å². The predicted octanol–water partition coefficient (Wildman–Crippen LogP) is 3.84. The molecule has 0 aliphatic carbocycles. The first-order chi connectivity index (χ1) is 12.0. The summed E-state index contributed by atoms with van der Waals surface area (Å²) in [6.07, 6.45) is 0. The maximum absolute atomic E-state index is 12.4. The standard InChI is InChI=1S/C18H19BrO6/c1-21-12-5-6-13(15(8-12)22-2)18(20)25-10-11-7-16(23-3)17(24-4)9-14(11)19/h5-9H,10H2,1-4H3. The Labute approximate surface area is 154 Å². The Bertz CT molecular complexity index is 759. The molecule has 0 fully saturated rings. The van der Waals surface area contributed by atoms with E-state index in [1.54, 1.807) is 51.7 Å². The van der Waals surface area contributed by atoms with E-state index >= 15 is 0 Å². The number of carbonyl (C=O) groups excluding carboxylic acids is 1. The van der Waals surface area contributed by atoms with E-state index in [0.29, 0.717) is 28.6 Å². The highest BCUT2D eigenvalue weighted by molar-refractivity contribution is 9.10. The molecule has 0 amide bonds. The van der Waals surface area contributed by atoms with Crippen molar-refractivity contribution in [3.05, 3.63) is 45.9 Å². The molecule has 0 heterocycles. The number of benzene rings is 2. The van der Waals surface area contributed by atoms with Crippen molar-refractivity contribution in [1.29, 1.82) is 0 Å². The number of methoxy groups -OCH3 is 4. The molecule has 0 saturated heterocycles. The van der Waals surface area contributed by atoms with E-state index in [9.17, 15) is 4.79 Å². The van der Waals surface area contributed by atoms with Gasteiger partial charge < -0.3 is 23.7 Å². The van der Waals surface area contributed by atoms with Crippen LogP contribution in [0.1, 0.15) is 15.9 Å². The highest BCUT2D eigenvalue weighted by Crippen LogP contribution is 2.34. The largest absolute Gasteiger partial charge is 0.497 e. The topological polar surface area (TPSA) is 63.2 Å². The van der Waals surface area contributed by atoms with Gasteiger partial charge in [-0.05, 0) is 24.3 Å². The number of carbonyl (C=O) groups is 1. The fraction of sp³-hybridized carbons (Fsp3) is 0.278. The second kappa shape index (κ2) is 8.62. The van der Waals surface area contributed by atoms with E-state index in [0.717, 1.165) is 10.0 Å². The highest BCUT2D eigenvalue weighted by atomic mass is 79.9. The van der Waals surface area contributed by atoms with Gasteiger partial charge in [-0.25, -0.2) is 4.79 Å². The van der Waals surface area contributed by atoms with E-state index < -0.39 is 5.97 Å². The third kappa shape index (κ3) is 4.36. The summed E-state index contributed by atoms with van der Waals surface area (Å²) >= 11 is 3.44. The second-order valence-corrected chi connectivity index (χ2v) is 5.80. The van der Waals surface area contributed by atoms with Gasteiger partial charge in [0, 0.05) is 16.1 Å². The molecular formula is C18H19BrO6. The fourth-order valence-electron chi connectivity index (χ4n) is 2.20. The first-order valence-electron chi connectivity index (χ1n) is 7.33. The molecule has 0 N–H and O–H groups in total. The number of rotatable bonds is 7. The van der Waals surface area contributed by atoms with Crippen LogP contribution in [0.3, 0.4) is 0 Å². The molecule has 0 atom stereocenters. The summed E-state index contributed by atoms with van der Waals surface area (Å²) in [6, 6.07) is 8.41. The van der Waals surface area contributed by atoms with Gasteiger partial charge in [-0.15, -0.1) is 0 Å². The molecule has 2 aromatic rings. The van der Waals surface area contributed by atoms with Gasteiger partial charge in [0.1, 0.15) is 23.7 Å². The van der Waals surface area contributed by atoms with Crippen LogP contribution < -0.4 is 18.9 Å². The first kappa shape index (κ1) is 18.9. The summed E-state index contributed by atoms with van der Waals surface area (Å²) in [7, 11) is 6.13. The molecule has 0 unspecified atom stereocenters. The van der Waals surface area contributed by atoms with Crippen LogP contribution in [0.5, 0.6) is 23.0 Å². The van der Waals surface area contributed by atoms with Crippen molar-refractivity contribution in [1.82, 2.24) is 0 Å². The van der Waals surface area contributed by atoms with E-state index in [-0.39, 0.29) is 6.61 Å².